The molecule has 3 nitrogen and oxygen atoms in total. The summed E-state index contributed by atoms with van der Waals surface area (Å²) >= 11 is 0. The van der Waals surface area contributed by atoms with Gasteiger partial charge in [-0.15, -0.1) is 0 Å². The maximum absolute atomic E-state index is 4.51. The molecule has 0 radical (unpaired) electrons. The summed E-state index contributed by atoms with van der Waals surface area (Å²) in [5.74, 6) is 0. The lowest BCUT2D eigenvalue weighted by Crippen LogP contribution is -1.96. The second-order valence-corrected chi connectivity index (χ2v) is 14.4. The molecular weight excluding hydrogens is 655 g/mol. The van der Waals surface area contributed by atoms with Crippen molar-refractivity contribution in [2.75, 3.05) is 0 Å². The summed E-state index contributed by atoms with van der Waals surface area (Å²) in [6, 6.07) is 64.7. The highest BCUT2D eigenvalue weighted by molar-refractivity contribution is 6.27. The third-order valence-electron chi connectivity index (χ3n) is 11.5. The van der Waals surface area contributed by atoms with Crippen LogP contribution in [0.3, 0.4) is 0 Å². The number of aromatic nitrogens is 3. The lowest BCUT2D eigenvalue weighted by Gasteiger charge is -2.14. The summed E-state index contributed by atoms with van der Waals surface area (Å²) in [6.45, 7) is 0. The highest BCUT2D eigenvalue weighted by atomic mass is 15.0. The molecule has 0 N–H and O–H groups in total. The van der Waals surface area contributed by atoms with Gasteiger partial charge in [0.2, 0.25) is 0 Å². The van der Waals surface area contributed by atoms with E-state index in [1.54, 1.807) is 0 Å². The van der Waals surface area contributed by atoms with Gasteiger partial charge in [-0.3, -0.25) is 4.98 Å². The van der Waals surface area contributed by atoms with E-state index in [0.29, 0.717) is 0 Å². The van der Waals surface area contributed by atoms with Gasteiger partial charge >= 0.3 is 0 Å². The highest BCUT2D eigenvalue weighted by Crippen LogP contribution is 2.43. The van der Waals surface area contributed by atoms with Gasteiger partial charge in [0.1, 0.15) is 0 Å². The number of benzene rings is 9. The number of fused-ring (bicyclic) bond motifs is 14. The van der Waals surface area contributed by atoms with Gasteiger partial charge in [0.15, 0.2) is 0 Å². The van der Waals surface area contributed by atoms with Crippen molar-refractivity contribution in [3.8, 4) is 22.5 Å². The van der Waals surface area contributed by atoms with Crippen molar-refractivity contribution >= 4 is 86.7 Å². The molecule has 12 aromatic rings. The van der Waals surface area contributed by atoms with Gasteiger partial charge in [0.05, 0.1) is 34.0 Å². The van der Waals surface area contributed by atoms with E-state index in [9.17, 15) is 0 Å². The Morgan fingerprint density at radius 1 is 0.315 bits per heavy atom. The molecule has 0 spiro atoms. The maximum Gasteiger partial charge on any atom is 0.0645 e. The van der Waals surface area contributed by atoms with Crippen LogP contribution in [0.2, 0.25) is 0 Å². The molecule has 0 amide bonds. The third-order valence-corrected chi connectivity index (χ3v) is 11.5. The van der Waals surface area contributed by atoms with E-state index >= 15 is 0 Å². The van der Waals surface area contributed by atoms with Crippen LogP contribution in [-0.2, 0) is 0 Å². The lowest BCUT2D eigenvalue weighted by atomic mass is 9.92. The average molecular weight is 686 g/mol. The summed E-state index contributed by atoms with van der Waals surface area (Å²) in [4.78, 5) is 4.51. The molecular formula is C51H31N3. The zero-order chi connectivity index (χ0) is 35.3. The number of rotatable bonds is 3. The first-order valence-electron chi connectivity index (χ1n) is 18.5. The fourth-order valence-electron chi connectivity index (χ4n) is 9.20. The van der Waals surface area contributed by atoms with E-state index in [4.69, 9.17) is 0 Å². The predicted octanol–water partition coefficient (Wildman–Crippen LogP) is 13.6. The predicted molar refractivity (Wildman–Crippen MR) is 228 cm³/mol. The quantitative estimate of drug-likeness (QED) is 0.170. The van der Waals surface area contributed by atoms with Crippen LogP contribution >= 0.6 is 0 Å². The van der Waals surface area contributed by atoms with Crippen LogP contribution in [0.4, 0.5) is 0 Å². The van der Waals surface area contributed by atoms with Crippen LogP contribution in [-0.4, -0.2) is 14.1 Å². The minimum absolute atomic E-state index is 1.05. The van der Waals surface area contributed by atoms with Crippen LogP contribution in [0.15, 0.2) is 188 Å². The van der Waals surface area contributed by atoms with E-state index in [0.717, 1.165) is 16.9 Å². The van der Waals surface area contributed by atoms with E-state index in [1.807, 2.05) is 18.5 Å². The number of para-hydroxylation sites is 1. The standard InChI is InChI=1S/C51H31N3/c1-2-15-37-32(11-1)23-25-48-51(37)46-29-45-43-20-7-8-21-47(43)54(36-14-10-26-52-31-36)49(45)30-50(46)53(48)35-13-9-12-33(27-35)34-22-24-42-40-18-4-3-16-38(40)39-17-5-6-19-41(39)44(42)28-34/h1-31H. The molecule has 0 bridgehead atoms. The molecule has 0 fully saturated rings. The Morgan fingerprint density at radius 2 is 0.944 bits per heavy atom. The van der Waals surface area contributed by atoms with E-state index in [1.165, 1.54) is 92.3 Å². The first-order valence-corrected chi connectivity index (χ1v) is 18.5. The molecule has 250 valence electrons. The Morgan fingerprint density at radius 3 is 1.72 bits per heavy atom. The average Bonchev–Trinajstić information content (AvgIpc) is 3.75. The molecule has 3 heterocycles. The minimum Gasteiger partial charge on any atom is -0.309 e. The molecule has 0 aliphatic carbocycles. The van der Waals surface area contributed by atoms with E-state index in [-0.39, 0.29) is 0 Å². The topological polar surface area (TPSA) is 22.8 Å². The Balaban J connectivity index is 1.15. The Hall–Kier alpha value is -7.23. The Bertz CT molecular complexity index is 3460. The SMILES string of the molecule is c1cncc(-n2c3ccccc3c3cc4c5c6ccccc6ccc5n(-c5cccc(-c6ccc7c8ccccc8c8ccccc8c7c6)c5)c4cc32)c1. The van der Waals surface area contributed by atoms with E-state index < -0.39 is 0 Å². The Labute approximate surface area is 310 Å². The van der Waals surface area contributed by atoms with Gasteiger partial charge < -0.3 is 9.13 Å². The first-order chi connectivity index (χ1) is 26.8. The van der Waals surface area contributed by atoms with Crippen LogP contribution in [0.1, 0.15) is 0 Å². The van der Waals surface area contributed by atoms with Crippen LogP contribution < -0.4 is 0 Å². The van der Waals surface area contributed by atoms with Gasteiger partial charge in [-0.2, -0.15) is 0 Å². The molecule has 54 heavy (non-hydrogen) atoms. The zero-order valence-electron chi connectivity index (χ0n) is 29.2. The van der Waals surface area contributed by atoms with Crippen molar-refractivity contribution in [2.45, 2.75) is 0 Å². The molecule has 0 atom stereocenters. The van der Waals surface area contributed by atoms with Crippen molar-refractivity contribution in [1.82, 2.24) is 14.1 Å². The van der Waals surface area contributed by atoms with Gasteiger partial charge in [0.25, 0.3) is 0 Å². The fraction of sp³-hybridized carbons (Fsp3) is 0. The van der Waals surface area contributed by atoms with Crippen molar-refractivity contribution in [3.63, 3.8) is 0 Å². The summed E-state index contributed by atoms with van der Waals surface area (Å²) < 4.78 is 4.83. The molecule has 0 aliphatic rings. The van der Waals surface area contributed by atoms with E-state index in [2.05, 4.69) is 184 Å². The second-order valence-electron chi connectivity index (χ2n) is 14.4. The molecule has 0 aliphatic heterocycles. The normalized spacial score (nSPS) is 12.1. The highest BCUT2D eigenvalue weighted by Gasteiger charge is 2.20. The van der Waals surface area contributed by atoms with Crippen molar-refractivity contribution in [2.24, 2.45) is 0 Å². The van der Waals surface area contributed by atoms with Crippen molar-refractivity contribution in [3.05, 3.63) is 188 Å². The summed E-state index contributed by atoms with van der Waals surface area (Å²) in [5, 5.41) is 15.2. The molecule has 9 aromatic carbocycles. The second kappa shape index (κ2) is 11.1. The monoisotopic (exact) mass is 685 g/mol. The number of pyridine rings is 1. The largest absolute Gasteiger partial charge is 0.309 e. The molecule has 12 rings (SSSR count). The van der Waals surface area contributed by atoms with Gasteiger partial charge in [-0.25, -0.2) is 0 Å². The maximum atomic E-state index is 4.51. The first kappa shape index (κ1) is 29.4. The molecule has 3 heteroatoms. The fourth-order valence-corrected chi connectivity index (χ4v) is 9.20. The number of nitrogens with zero attached hydrogens (tertiary/aromatic N) is 3. The number of hydrogen-bond donors (Lipinski definition) is 0. The minimum atomic E-state index is 1.05. The number of hydrogen-bond acceptors (Lipinski definition) is 1. The van der Waals surface area contributed by atoms with Crippen LogP contribution in [0.5, 0.6) is 0 Å². The lowest BCUT2D eigenvalue weighted by molar-refractivity contribution is 1.14. The summed E-state index contributed by atoms with van der Waals surface area (Å²) in [7, 11) is 0. The van der Waals surface area contributed by atoms with Crippen LogP contribution in [0.25, 0.3) is 109 Å². The summed E-state index contributed by atoms with van der Waals surface area (Å²) in [6.07, 6.45) is 3.80. The third kappa shape index (κ3) is 4.09. The molecule has 0 unspecified atom stereocenters. The molecule has 0 saturated heterocycles. The van der Waals surface area contributed by atoms with Crippen LogP contribution in [0, 0.1) is 0 Å². The zero-order valence-corrected chi connectivity index (χ0v) is 29.2. The van der Waals surface area contributed by atoms with Gasteiger partial charge in [0, 0.05) is 33.4 Å². The van der Waals surface area contributed by atoms with Gasteiger partial charge in [-0.05, 0) is 109 Å². The van der Waals surface area contributed by atoms with Crippen molar-refractivity contribution < 1.29 is 0 Å². The molecule has 3 aromatic heterocycles. The Kier molecular flexibility index (Phi) is 6.05. The molecule has 0 saturated carbocycles. The van der Waals surface area contributed by atoms with Crippen molar-refractivity contribution in [1.29, 1.82) is 0 Å². The van der Waals surface area contributed by atoms with Gasteiger partial charge in [-0.1, -0.05) is 121 Å². The smallest absolute Gasteiger partial charge is 0.0645 e. The summed E-state index contributed by atoms with van der Waals surface area (Å²) in [5.41, 5.74) is 9.28.